The fourth-order valence-electron chi connectivity index (χ4n) is 6.21. The van der Waals surface area contributed by atoms with Crippen LogP contribution in [0.1, 0.15) is 41.4 Å². The van der Waals surface area contributed by atoms with Crippen molar-refractivity contribution in [2.24, 2.45) is 5.92 Å². The molecule has 0 radical (unpaired) electrons. The molecule has 1 saturated carbocycles. The van der Waals surface area contributed by atoms with E-state index in [0.29, 0.717) is 0 Å². The summed E-state index contributed by atoms with van der Waals surface area (Å²) in [6.45, 7) is 0. The van der Waals surface area contributed by atoms with E-state index in [2.05, 4.69) is 5.32 Å². The van der Waals surface area contributed by atoms with Gasteiger partial charge in [0.25, 0.3) is 5.56 Å². The quantitative estimate of drug-likeness (QED) is 0.180. The number of aromatic nitrogens is 4. The number of hydrogen-bond acceptors (Lipinski definition) is 4. The molecule has 1 fully saturated rings. The van der Waals surface area contributed by atoms with E-state index < -0.39 is 29.1 Å². The fraction of sp³-hybridized carbons (Fsp3) is 0.143. The average molecular weight is 620 g/mol. The van der Waals surface area contributed by atoms with E-state index in [1.807, 2.05) is 95.6 Å². The third-order valence-electron chi connectivity index (χ3n) is 8.33. The second-order valence-electron chi connectivity index (χ2n) is 11.1. The Labute approximate surface area is 262 Å². The molecule has 8 nitrogen and oxygen atoms in total. The number of carbonyl (C=O) groups is 1. The maximum Gasteiger partial charge on any atom is 0.405 e. The number of nitrogens with zero attached hydrogens (tertiary/aromatic N) is 4. The lowest BCUT2D eigenvalue weighted by atomic mass is 9.77. The highest BCUT2D eigenvalue weighted by Gasteiger charge is 2.40. The minimum Gasteiger partial charge on any atom is -0.465 e. The van der Waals surface area contributed by atoms with E-state index in [1.54, 1.807) is 12.5 Å². The van der Waals surface area contributed by atoms with Crippen LogP contribution in [-0.2, 0) is 5.54 Å². The van der Waals surface area contributed by atoms with Gasteiger partial charge in [-0.15, -0.1) is 0 Å². The monoisotopic (exact) mass is 619 g/mol. The Kier molecular flexibility index (Phi) is 7.17. The molecular formula is C35H27ClFN5O3. The maximum atomic E-state index is 14.5. The summed E-state index contributed by atoms with van der Waals surface area (Å²) in [5, 5.41) is 12.2. The number of benzene rings is 4. The highest BCUT2D eigenvalue weighted by Crippen LogP contribution is 2.43. The molecule has 7 rings (SSSR count). The van der Waals surface area contributed by atoms with Crippen LogP contribution in [0.25, 0.3) is 16.7 Å². The Morgan fingerprint density at radius 3 is 2.00 bits per heavy atom. The van der Waals surface area contributed by atoms with Gasteiger partial charge in [0.05, 0.1) is 34.5 Å². The van der Waals surface area contributed by atoms with Crippen LogP contribution in [0.4, 0.5) is 9.18 Å². The van der Waals surface area contributed by atoms with Gasteiger partial charge in [0.15, 0.2) is 5.82 Å². The summed E-state index contributed by atoms with van der Waals surface area (Å²) >= 11 is 6.37. The van der Waals surface area contributed by atoms with E-state index in [0.717, 1.165) is 41.7 Å². The van der Waals surface area contributed by atoms with Crippen LogP contribution in [0.3, 0.4) is 0 Å². The first-order valence-electron chi connectivity index (χ1n) is 14.5. The largest absolute Gasteiger partial charge is 0.465 e. The Morgan fingerprint density at radius 2 is 1.49 bits per heavy atom. The third-order valence-corrected chi connectivity index (χ3v) is 8.62. The van der Waals surface area contributed by atoms with Crippen molar-refractivity contribution in [2.45, 2.75) is 24.4 Å². The topological polar surface area (TPSA) is 102 Å². The molecule has 45 heavy (non-hydrogen) atoms. The number of hydrogen-bond donors (Lipinski definition) is 2. The lowest BCUT2D eigenvalue weighted by Gasteiger charge is -2.37. The smallest absolute Gasteiger partial charge is 0.405 e. The molecule has 0 bridgehead atoms. The zero-order chi connectivity index (χ0) is 31.1. The van der Waals surface area contributed by atoms with Gasteiger partial charge in [0, 0.05) is 0 Å². The van der Waals surface area contributed by atoms with Crippen molar-refractivity contribution in [1.29, 1.82) is 0 Å². The van der Waals surface area contributed by atoms with Crippen molar-refractivity contribution in [1.82, 2.24) is 24.4 Å². The number of imidazole rings is 1. The summed E-state index contributed by atoms with van der Waals surface area (Å²) < 4.78 is 17.8. The highest BCUT2D eigenvalue weighted by molar-refractivity contribution is 6.35. The van der Waals surface area contributed by atoms with Crippen LogP contribution >= 0.6 is 11.6 Å². The van der Waals surface area contributed by atoms with Gasteiger partial charge in [-0.25, -0.2) is 23.7 Å². The number of nitrogens with one attached hydrogen (secondary N) is 1. The molecule has 10 heteroatoms. The Hall–Kier alpha value is -5.28. The zero-order valence-corrected chi connectivity index (χ0v) is 24.6. The Balaban J connectivity index is 1.53. The van der Waals surface area contributed by atoms with E-state index in [9.17, 15) is 19.1 Å². The van der Waals surface area contributed by atoms with Gasteiger partial charge >= 0.3 is 6.09 Å². The molecule has 1 aliphatic carbocycles. The Bertz CT molecular complexity index is 1980. The predicted molar refractivity (Wildman–Crippen MR) is 169 cm³/mol. The van der Waals surface area contributed by atoms with Gasteiger partial charge in [0.1, 0.15) is 17.2 Å². The van der Waals surface area contributed by atoms with E-state index in [4.69, 9.17) is 21.6 Å². The zero-order valence-electron chi connectivity index (χ0n) is 23.8. The summed E-state index contributed by atoms with van der Waals surface area (Å²) in [6.07, 6.45) is 3.65. The molecule has 0 aliphatic heterocycles. The van der Waals surface area contributed by atoms with Crippen molar-refractivity contribution in [3.63, 3.8) is 0 Å². The molecule has 4 aromatic carbocycles. The lowest BCUT2D eigenvalue weighted by Crippen LogP contribution is -2.37. The standard InChI is InChI=1S/C35H27ClFN5O3/c36-28-19-26(37)18-27-31(28)39-32(30(22-16-17-22)40-34(44)45)42(33(27)43)29-20-41(21-38-29)35(23-10-4-1-5-11-23,24-12-6-2-7-13-24)25-14-8-3-9-15-25/h1-15,18-22,30,40H,16-17H2,(H,44,45). The van der Waals surface area contributed by atoms with Crippen molar-refractivity contribution in [3.8, 4) is 5.82 Å². The molecule has 1 amide bonds. The SMILES string of the molecule is O=C(O)NC(c1nc2c(Cl)cc(F)cc2c(=O)n1-c1cn(C(c2ccccc2)(c2ccccc2)c2ccccc2)cn1)C1CC1. The summed E-state index contributed by atoms with van der Waals surface area (Å²) in [4.78, 5) is 35.6. The van der Waals surface area contributed by atoms with Crippen LogP contribution in [-0.4, -0.2) is 30.3 Å². The van der Waals surface area contributed by atoms with Gasteiger partial charge in [-0.2, -0.15) is 0 Å². The molecule has 1 unspecified atom stereocenters. The molecule has 1 atom stereocenters. The van der Waals surface area contributed by atoms with Crippen LogP contribution in [0.15, 0.2) is 120 Å². The predicted octanol–water partition coefficient (Wildman–Crippen LogP) is 6.93. The minimum absolute atomic E-state index is 0.0383. The number of amides is 1. The van der Waals surface area contributed by atoms with Crippen molar-refractivity contribution in [3.05, 3.63) is 159 Å². The molecule has 0 saturated heterocycles. The first-order chi connectivity index (χ1) is 21.9. The summed E-state index contributed by atoms with van der Waals surface area (Å²) in [7, 11) is 0. The van der Waals surface area contributed by atoms with Gasteiger partial charge in [-0.3, -0.25) is 4.79 Å². The van der Waals surface area contributed by atoms with Crippen molar-refractivity contribution in [2.75, 3.05) is 0 Å². The fourth-order valence-corrected chi connectivity index (χ4v) is 6.46. The van der Waals surface area contributed by atoms with Gasteiger partial charge in [0.2, 0.25) is 0 Å². The molecule has 0 spiro atoms. The van der Waals surface area contributed by atoms with Crippen molar-refractivity contribution >= 4 is 28.6 Å². The minimum atomic E-state index is -1.25. The first-order valence-corrected chi connectivity index (χ1v) is 14.9. The average Bonchev–Trinajstić information content (AvgIpc) is 3.79. The third kappa shape index (κ3) is 4.95. The maximum absolute atomic E-state index is 14.5. The van der Waals surface area contributed by atoms with E-state index in [1.165, 1.54) is 4.57 Å². The molecular weight excluding hydrogens is 593 g/mol. The first kappa shape index (κ1) is 28.5. The van der Waals surface area contributed by atoms with Crippen LogP contribution in [0.2, 0.25) is 5.02 Å². The van der Waals surface area contributed by atoms with E-state index in [-0.39, 0.29) is 33.5 Å². The molecule has 2 N–H and O–H groups in total. The Morgan fingerprint density at radius 1 is 0.933 bits per heavy atom. The summed E-state index contributed by atoms with van der Waals surface area (Å²) in [5.74, 6) is -0.416. The molecule has 2 heterocycles. The summed E-state index contributed by atoms with van der Waals surface area (Å²) in [5.41, 5.74) is 1.43. The van der Waals surface area contributed by atoms with Crippen LogP contribution < -0.4 is 10.9 Å². The lowest BCUT2D eigenvalue weighted by molar-refractivity contribution is 0.187. The number of carboxylic acid groups (broad SMARTS) is 1. The second-order valence-corrected chi connectivity index (χ2v) is 11.5. The molecule has 1 aliphatic rings. The van der Waals surface area contributed by atoms with E-state index >= 15 is 0 Å². The van der Waals surface area contributed by atoms with Crippen molar-refractivity contribution < 1.29 is 14.3 Å². The van der Waals surface area contributed by atoms with Gasteiger partial charge < -0.3 is 15.0 Å². The number of fused-ring (bicyclic) bond motifs is 1. The van der Waals surface area contributed by atoms with Gasteiger partial charge in [-0.1, -0.05) is 103 Å². The molecule has 224 valence electrons. The van der Waals surface area contributed by atoms with Gasteiger partial charge in [-0.05, 0) is 47.6 Å². The number of halogens is 2. The van der Waals surface area contributed by atoms with Crippen LogP contribution in [0.5, 0.6) is 0 Å². The second kappa shape index (κ2) is 11.3. The molecule has 6 aromatic rings. The molecule has 2 aromatic heterocycles. The van der Waals surface area contributed by atoms with Crippen LogP contribution in [0, 0.1) is 11.7 Å². The normalized spacial score (nSPS) is 13.9. The number of rotatable bonds is 8. The summed E-state index contributed by atoms with van der Waals surface area (Å²) in [6, 6.07) is 31.3. The highest BCUT2D eigenvalue weighted by atomic mass is 35.5.